The highest BCUT2D eigenvalue weighted by atomic mass is 35.5. The van der Waals surface area contributed by atoms with Crippen molar-refractivity contribution in [2.24, 2.45) is 0 Å². The largest absolute Gasteiger partial charge is 1.00 e. The number of halogens is 1. The van der Waals surface area contributed by atoms with Gasteiger partial charge in [0.15, 0.2) is 0 Å². The Labute approximate surface area is 90.0 Å². The lowest BCUT2D eigenvalue weighted by atomic mass is 10.4. The van der Waals surface area contributed by atoms with Gasteiger partial charge in [0.2, 0.25) is 0 Å². The van der Waals surface area contributed by atoms with Crippen molar-refractivity contribution in [3.8, 4) is 0 Å². The first kappa shape index (κ1) is 18.7. The molecule has 0 spiro atoms. The van der Waals surface area contributed by atoms with E-state index in [9.17, 15) is 0 Å². The maximum atomic E-state index is 3.49. The van der Waals surface area contributed by atoms with Crippen molar-refractivity contribution in [3.05, 3.63) is 12.7 Å². The number of hydrogen-bond acceptors (Lipinski definition) is 1. The Morgan fingerprint density at radius 3 is 1.77 bits per heavy atom. The number of hydrogen-bond donors (Lipinski definition) is 1. The van der Waals surface area contributed by atoms with Crippen molar-refractivity contribution in [3.63, 3.8) is 0 Å². The van der Waals surface area contributed by atoms with Crippen LogP contribution in [0.3, 0.4) is 0 Å². The van der Waals surface area contributed by atoms with Crippen LogP contribution in [-0.2, 0) is 0 Å². The van der Waals surface area contributed by atoms with E-state index in [1.165, 1.54) is 13.0 Å². The molecule has 0 fully saturated rings. The standard InChI is InChI=1S/C6H16N.C4H9N.ClH/c1-5-6-7(2,3)4;1-3-4-5-2;/h5-6H2,1-4H3;3,5H,1,4H2,2H3;1H/q+1;;/p-1. The maximum absolute atomic E-state index is 3.49. The van der Waals surface area contributed by atoms with Gasteiger partial charge in [0.1, 0.15) is 0 Å². The minimum absolute atomic E-state index is 0. The molecule has 0 aliphatic rings. The fraction of sp³-hybridized carbons (Fsp3) is 0.800. The van der Waals surface area contributed by atoms with Crippen LogP contribution in [0.1, 0.15) is 13.3 Å². The Hall–Kier alpha value is -0.0500. The van der Waals surface area contributed by atoms with E-state index in [0.717, 1.165) is 11.0 Å². The predicted molar refractivity (Wildman–Crippen MR) is 57.3 cm³/mol. The Morgan fingerprint density at radius 2 is 1.77 bits per heavy atom. The van der Waals surface area contributed by atoms with Crippen LogP contribution in [0, 0.1) is 0 Å². The van der Waals surface area contributed by atoms with Gasteiger partial charge in [-0.25, -0.2) is 0 Å². The zero-order chi connectivity index (χ0) is 10.0. The zero-order valence-electron chi connectivity index (χ0n) is 9.73. The fourth-order valence-electron chi connectivity index (χ4n) is 0.815. The summed E-state index contributed by atoms with van der Waals surface area (Å²) in [7, 11) is 8.53. The molecule has 0 saturated heterocycles. The molecule has 0 bridgehead atoms. The van der Waals surface area contributed by atoms with E-state index >= 15 is 0 Å². The summed E-state index contributed by atoms with van der Waals surface area (Å²) in [5.41, 5.74) is 0. The highest BCUT2D eigenvalue weighted by Crippen LogP contribution is 1.90. The molecule has 0 unspecified atom stereocenters. The van der Waals surface area contributed by atoms with E-state index in [1.54, 1.807) is 0 Å². The Bertz CT molecular complexity index is 97.6. The molecule has 0 aliphatic carbocycles. The number of quaternary nitrogens is 1. The normalized spacial score (nSPS) is 9.31. The number of likely N-dealkylation sites (N-methyl/N-ethyl adjacent to an activating group) is 1. The molecule has 0 aromatic carbocycles. The molecule has 0 aromatic heterocycles. The third-order valence-corrected chi connectivity index (χ3v) is 1.24. The summed E-state index contributed by atoms with van der Waals surface area (Å²) in [5, 5.41) is 2.90. The summed E-state index contributed by atoms with van der Waals surface area (Å²) in [6.07, 6.45) is 3.10. The molecule has 82 valence electrons. The van der Waals surface area contributed by atoms with E-state index in [1.807, 2.05) is 13.1 Å². The summed E-state index contributed by atoms with van der Waals surface area (Å²) < 4.78 is 1.09. The van der Waals surface area contributed by atoms with E-state index in [2.05, 4.69) is 40.0 Å². The molecule has 0 heterocycles. The average molecular weight is 209 g/mol. The molecular formula is C10H25ClN2. The highest BCUT2D eigenvalue weighted by molar-refractivity contribution is 4.66. The third kappa shape index (κ3) is 33.4. The molecule has 1 N–H and O–H groups in total. The maximum Gasteiger partial charge on any atom is 0.0777 e. The molecule has 13 heavy (non-hydrogen) atoms. The van der Waals surface area contributed by atoms with Crippen LogP contribution in [0.25, 0.3) is 0 Å². The van der Waals surface area contributed by atoms with Crippen molar-refractivity contribution in [1.29, 1.82) is 0 Å². The van der Waals surface area contributed by atoms with Crippen molar-refractivity contribution in [2.45, 2.75) is 13.3 Å². The summed E-state index contributed by atoms with van der Waals surface area (Å²) in [6, 6.07) is 0. The van der Waals surface area contributed by atoms with Gasteiger partial charge in [-0.2, -0.15) is 0 Å². The zero-order valence-corrected chi connectivity index (χ0v) is 10.5. The summed E-state index contributed by atoms with van der Waals surface area (Å²) in [5.74, 6) is 0. The van der Waals surface area contributed by atoms with Gasteiger partial charge < -0.3 is 22.2 Å². The first-order chi connectivity index (χ1) is 5.47. The van der Waals surface area contributed by atoms with E-state index in [0.29, 0.717) is 0 Å². The Balaban J connectivity index is -0.000000150. The molecule has 0 aromatic rings. The van der Waals surface area contributed by atoms with Gasteiger partial charge in [-0.15, -0.1) is 6.58 Å². The molecular weight excluding hydrogens is 184 g/mol. The van der Waals surface area contributed by atoms with E-state index < -0.39 is 0 Å². The lowest BCUT2D eigenvalue weighted by Crippen LogP contribution is -3.00. The quantitative estimate of drug-likeness (QED) is 0.438. The molecule has 0 amide bonds. The van der Waals surface area contributed by atoms with Crippen LogP contribution in [0.5, 0.6) is 0 Å². The smallest absolute Gasteiger partial charge is 0.0777 e. The lowest BCUT2D eigenvalue weighted by Gasteiger charge is -2.22. The number of nitrogens with one attached hydrogen (secondary N) is 1. The SMILES string of the molecule is C=CCNC.CCC[N+](C)(C)C.[Cl-]. The predicted octanol–water partition coefficient (Wildman–Crippen LogP) is -1.50. The van der Waals surface area contributed by atoms with Gasteiger partial charge in [-0.3, -0.25) is 0 Å². The van der Waals surface area contributed by atoms with Gasteiger partial charge in [0, 0.05) is 6.54 Å². The first-order valence-electron chi connectivity index (χ1n) is 4.54. The van der Waals surface area contributed by atoms with Crippen molar-refractivity contribution < 1.29 is 16.9 Å². The van der Waals surface area contributed by atoms with Gasteiger partial charge >= 0.3 is 0 Å². The van der Waals surface area contributed by atoms with Crippen LogP contribution >= 0.6 is 0 Å². The lowest BCUT2D eigenvalue weighted by molar-refractivity contribution is -0.870. The third-order valence-electron chi connectivity index (χ3n) is 1.24. The second-order valence-corrected chi connectivity index (χ2v) is 3.86. The highest BCUT2D eigenvalue weighted by Gasteiger charge is 2.01. The average Bonchev–Trinajstić information content (AvgIpc) is 1.87. The van der Waals surface area contributed by atoms with Gasteiger partial charge in [0.05, 0.1) is 27.7 Å². The summed E-state index contributed by atoms with van der Waals surface area (Å²) in [4.78, 5) is 0. The second-order valence-electron chi connectivity index (χ2n) is 3.86. The topological polar surface area (TPSA) is 12.0 Å². The van der Waals surface area contributed by atoms with Gasteiger partial charge in [-0.05, 0) is 13.5 Å². The molecule has 0 saturated carbocycles. The minimum atomic E-state index is 0. The van der Waals surface area contributed by atoms with Crippen molar-refractivity contribution >= 4 is 0 Å². The summed E-state index contributed by atoms with van der Waals surface area (Å²) >= 11 is 0. The van der Waals surface area contributed by atoms with E-state index in [-0.39, 0.29) is 12.4 Å². The second kappa shape index (κ2) is 11.9. The molecule has 0 atom stereocenters. The van der Waals surface area contributed by atoms with Gasteiger partial charge in [0.25, 0.3) is 0 Å². The minimum Gasteiger partial charge on any atom is -1.00 e. The van der Waals surface area contributed by atoms with E-state index in [4.69, 9.17) is 0 Å². The summed E-state index contributed by atoms with van der Waals surface area (Å²) in [6.45, 7) is 7.88. The number of nitrogens with zero attached hydrogens (tertiary/aromatic N) is 1. The molecule has 3 heteroatoms. The van der Waals surface area contributed by atoms with Crippen LogP contribution in [0.4, 0.5) is 0 Å². The fourth-order valence-corrected chi connectivity index (χ4v) is 0.815. The molecule has 0 rings (SSSR count). The monoisotopic (exact) mass is 208 g/mol. The molecule has 0 radical (unpaired) electrons. The van der Waals surface area contributed by atoms with Crippen LogP contribution < -0.4 is 17.7 Å². The Kier molecular flexibility index (Phi) is 17.2. The van der Waals surface area contributed by atoms with Crippen LogP contribution in [-0.4, -0.2) is 45.8 Å². The Morgan fingerprint density at radius 1 is 1.31 bits per heavy atom. The first-order valence-corrected chi connectivity index (χ1v) is 4.54. The molecule has 2 nitrogen and oxygen atoms in total. The van der Waals surface area contributed by atoms with Crippen LogP contribution in [0.15, 0.2) is 12.7 Å². The molecule has 0 aliphatic heterocycles. The number of rotatable bonds is 4. The van der Waals surface area contributed by atoms with Gasteiger partial charge in [-0.1, -0.05) is 13.0 Å². The van der Waals surface area contributed by atoms with Crippen molar-refractivity contribution in [1.82, 2.24) is 5.32 Å². The van der Waals surface area contributed by atoms with Crippen molar-refractivity contribution in [2.75, 3.05) is 41.3 Å². The van der Waals surface area contributed by atoms with Crippen LogP contribution in [0.2, 0.25) is 0 Å².